The number of unbranched alkanes of at least 4 members (excludes halogenated alkanes) is 46. The van der Waals surface area contributed by atoms with Gasteiger partial charge in [0, 0.05) is 25.7 Å². The smallest absolute Gasteiger partial charge is 0.462 e. The molecule has 0 rings (SSSR count). The summed E-state index contributed by atoms with van der Waals surface area (Å²) in [5.41, 5.74) is 0. The molecule has 102 heavy (non-hydrogen) atoms. The Kier molecular flexibility index (Phi) is 70.6. The number of aliphatic hydroxyl groups is 1. The first-order valence-corrected chi connectivity index (χ1v) is 45.7. The molecule has 0 radical (unpaired) electrons. The molecular weight excluding hydrogens is 1330 g/mol. The summed E-state index contributed by atoms with van der Waals surface area (Å²) in [6, 6.07) is 0. The van der Waals surface area contributed by atoms with E-state index in [0.717, 1.165) is 114 Å². The Morgan fingerprint density at radius 1 is 0.245 bits per heavy atom. The van der Waals surface area contributed by atoms with E-state index in [9.17, 15) is 43.2 Å². The van der Waals surface area contributed by atoms with E-state index in [-0.39, 0.29) is 25.7 Å². The molecular formula is C83H162O17P2. The maximum atomic E-state index is 13.1. The van der Waals surface area contributed by atoms with Crippen LogP contribution < -0.4 is 0 Å². The quantitative estimate of drug-likeness (QED) is 0.0222. The van der Waals surface area contributed by atoms with Crippen LogP contribution in [0.4, 0.5) is 0 Å². The monoisotopic (exact) mass is 1490 g/mol. The minimum Gasteiger partial charge on any atom is -0.462 e. The van der Waals surface area contributed by atoms with Gasteiger partial charge in [-0.15, -0.1) is 0 Å². The Hall–Kier alpha value is -1.94. The lowest BCUT2D eigenvalue weighted by atomic mass is 10.0. The Morgan fingerprint density at radius 3 is 0.608 bits per heavy atom. The molecule has 0 saturated carbocycles. The fourth-order valence-corrected chi connectivity index (χ4v) is 14.4. The van der Waals surface area contributed by atoms with Gasteiger partial charge in [0.1, 0.15) is 19.3 Å². The van der Waals surface area contributed by atoms with Gasteiger partial charge < -0.3 is 33.8 Å². The summed E-state index contributed by atoms with van der Waals surface area (Å²) in [6.07, 6.45) is 59.9. The molecule has 0 bridgehead atoms. The van der Waals surface area contributed by atoms with Gasteiger partial charge in [0.25, 0.3) is 0 Å². The molecule has 0 fully saturated rings. The maximum Gasteiger partial charge on any atom is 0.472 e. The Balaban J connectivity index is 5.18. The van der Waals surface area contributed by atoms with E-state index in [0.29, 0.717) is 31.6 Å². The highest BCUT2D eigenvalue weighted by Crippen LogP contribution is 2.45. The molecule has 0 heterocycles. The van der Waals surface area contributed by atoms with Crippen LogP contribution in [0, 0.1) is 23.7 Å². The lowest BCUT2D eigenvalue weighted by Gasteiger charge is -2.21. The maximum absolute atomic E-state index is 13.1. The van der Waals surface area contributed by atoms with Gasteiger partial charge in [-0.2, -0.15) is 0 Å². The summed E-state index contributed by atoms with van der Waals surface area (Å²) in [7, 11) is -9.92. The van der Waals surface area contributed by atoms with Crippen molar-refractivity contribution < 1.29 is 80.2 Å². The second kappa shape index (κ2) is 72.0. The molecule has 0 aliphatic heterocycles. The molecule has 0 aromatic rings. The van der Waals surface area contributed by atoms with Crippen LogP contribution in [-0.4, -0.2) is 96.7 Å². The minimum absolute atomic E-state index is 0.107. The van der Waals surface area contributed by atoms with Crippen molar-refractivity contribution >= 4 is 39.5 Å². The van der Waals surface area contributed by atoms with Crippen molar-refractivity contribution in [1.29, 1.82) is 0 Å². The predicted octanol–water partition coefficient (Wildman–Crippen LogP) is 24.8. The second-order valence-corrected chi connectivity index (χ2v) is 34.7. The summed E-state index contributed by atoms with van der Waals surface area (Å²) in [6.45, 7) is 14.2. The van der Waals surface area contributed by atoms with Gasteiger partial charge >= 0.3 is 39.5 Å². The van der Waals surface area contributed by atoms with Crippen LogP contribution in [-0.2, 0) is 65.4 Å². The van der Waals surface area contributed by atoms with Crippen LogP contribution in [0.15, 0.2) is 0 Å². The van der Waals surface area contributed by atoms with Crippen LogP contribution in [0.2, 0.25) is 0 Å². The van der Waals surface area contributed by atoms with E-state index < -0.39 is 97.5 Å². The zero-order valence-electron chi connectivity index (χ0n) is 67.2. The normalized spacial score (nSPS) is 14.0. The topological polar surface area (TPSA) is 237 Å². The van der Waals surface area contributed by atoms with Gasteiger partial charge in [-0.3, -0.25) is 37.3 Å². The van der Waals surface area contributed by atoms with Gasteiger partial charge in [-0.1, -0.05) is 376 Å². The van der Waals surface area contributed by atoms with Crippen molar-refractivity contribution in [2.45, 2.75) is 446 Å². The number of carbonyl (C=O) groups is 4. The summed E-state index contributed by atoms with van der Waals surface area (Å²) < 4.78 is 68.7. The first-order chi connectivity index (χ1) is 49.1. The fraction of sp³-hybridized carbons (Fsp3) is 0.952. The fourth-order valence-electron chi connectivity index (χ4n) is 12.8. The van der Waals surface area contributed by atoms with E-state index in [1.165, 1.54) is 225 Å². The van der Waals surface area contributed by atoms with E-state index in [4.69, 9.17) is 37.0 Å². The Labute approximate surface area is 626 Å². The lowest BCUT2D eigenvalue weighted by molar-refractivity contribution is -0.161. The van der Waals surface area contributed by atoms with E-state index in [2.05, 4.69) is 55.4 Å². The summed E-state index contributed by atoms with van der Waals surface area (Å²) in [5.74, 6) is 0.953. The third-order valence-electron chi connectivity index (χ3n) is 19.3. The van der Waals surface area contributed by atoms with Gasteiger partial charge in [0.2, 0.25) is 0 Å². The number of ether oxygens (including phenoxy) is 4. The van der Waals surface area contributed by atoms with Crippen LogP contribution in [0.25, 0.3) is 0 Å². The number of aliphatic hydroxyl groups excluding tert-OH is 1. The van der Waals surface area contributed by atoms with Crippen molar-refractivity contribution in [2.75, 3.05) is 39.6 Å². The molecule has 17 nitrogen and oxygen atoms in total. The molecule has 0 aromatic carbocycles. The molecule has 606 valence electrons. The molecule has 5 atom stereocenters. The van der Waals surface area contributed by atoms with Gasteiger partial charge in [0.05, 0.1) is 26.4 Å². The number of carbonyl (C=O) groups excluding carboxylic acids is 4. The average Bonchev–Trinajstić information content (AvgIpc) is 0.910. The van der Waals surface area contributed by atoms with Crippen LogP contribution in [0.5, 0.6) is 0 Å². The lowest BCUT2D eigenvalue weighted by Crippen LogP contribution is -2.30. The summed E-state index contributed by atoms with van der Waals surface area (Å²) in [5, 5.41) is 10.6. The Morgan fingerprint density at radius 2 is 0.412 bits per heavy atom. The summed E-state index contributed by atoms with van der Waals surface area (Å²) in [4.78, 5) is 73.0. The standard InChI is InChI=1S/C83H162O17P2/c1-73(2)59-51-43-35-29-23-19-15-11-9-10-12-17-21-25-33-39-49-57-65-82(87)99-78(69-93-80(85)63-55-47-38-32-28-27-31-37-45-53-61-75(5)6)71-97-101(89,90)95-67-77(84)68-96-102(91,92)98-72-79(70-94-81(86)64-56-48-42-41-46-54-62-76(7)8)100-83(88)66-58-50-40-34-26-22-18-14-13-16-20-24-30-36-44-52-60-74(3)4/h73-79,84H,9-72H2,1-8H3,(H,89,90)(H,91,92)/t77?,78-,79-/m1/s1. The zero-order chi connectivity index (χ0) is 75.3. The molecule has 3 unspecified atom stereocenters. The molecule has 19 heteroatoms. The zero-order valence-corrected chi connectivity index (χ0v) is 69.0. The van der Waals surface area contributed by atoms with Crippen LogP contribution in [0.1, 0.15) is 428 Å². The average molecular weight is 1490 g/mol. The number of hydrogen-bond donors (Lipinski definition) is 3. The number of phosphoric ester groups is 2. The minimum atomic E-state index is -4.96. The first kappa shape index (κ1) is 100. The highest BCUT2D eigenvalue weighted by atomic mass is 31.2. The van der Waals surface area contributed by atoms with Crippen molar-refractivity contribution in [3.05, 3.63) is 0 Å². The molecule has 0 aliphatic carbocycles. The molecule has 3 N–H and O–H groups in total. The van der Waals surface area contributed by atoms with Crippen LogP contribution >= 0.6 is 15.6 Å². The number of rotatable bonds is 80. The van der Waals surface area contributed by atoms with E-state index in [1.807, 2.05) is 0 Å². The van der Waals surface area contributed by atoms with Gasteiger partial charge in [0.15, 0.2) is 12.2 Å². The molecule has 0 aliphatic rings. The molecule has 0 amide bonds. The van der Waals surface area contributed by atoms with Gasteiger partial charge in [-0.05, 0) is 49.4 Å². The molecule has 0 saturated heterocycles. The largest absolute Gasteiger partial charge is 0.472 e. The molecule has 0 spiro atoms. The number of phosphoric acid groups is 2. The number of esters is 4. The first-order valence-electron chi connectivity index (χ1n) is 42.7. The van der Waals surface area contributed by atoms with Crippen LogP contribution in [0.3, 0.4) is 0 Å². The van der Waals surface area contributed by atoms with Crippen molar-refractivity contribution in [3.63, 3.8) is 0 Å². The summed E-state index contributed by atoms with van der Waals surface area (Å²) >= 11 is 0. The third kappa shape index (κ3) is 76.3. The highest BCUT2D eigenvalue weighted by molar-refractivity contribution is 7.47. The third-order valence-corrected chi connectivity index (χ3v) is 21.2. The second-order valence-electron chi connectivity index (χ2n) is 31.8. The van der Waals surface area contributed by atoms with Crippen molar-refractivity contribution in [2.24, 2.45) is 23.7 Å². The highest BCUT2D eigenvalue weighted by Gasteiger charge is 2.30. The van der Waals surface area contributed by atoms with Gasteiger partial charge in [-0.25, -0.2) is 9.13 Å². The number of hydrogen-bond acceptors (Lipinski definition) is 15. The van der Waals surface area contributed by atoms with E-state index in [1.54, 1.807) is 0 Å². The van der Waals surface area contributed by atoms with Crippen molar-refractivity contribution in [3.8, 4) is 0 Å². The van der Waals surface area contributed by atoms with Crippen molar-refractivity contribution in [1.82, 2.24) is 0 Å². The Bertz CT molecular complexity index is 1990. The van der Waals surface area contributed by atoms with E-state index >= 15 is 0 Å². The SMILES string of the molecule is CC(C)CCCCCCCCCCCCCCCCCCCCC(=O)O[C@H](COC(=O)CCCCCCCCCCCCC(C)C)COP(=O)(O)OCC(O)COP(=O)(O)OC[C@@H](COC(=O)CCCCCCCCC(C)C)OC(=O)CCCCCCCCCCCCCCCCCCC(C)C. The predicted molar refractivity (Wildman–Crippen MR) is 418 cm³/mol. The molecule has 0 aromatic heterocycles.